The predicted molar refractivity (Wildman–Crippen MR) is 163 cm³/mol. The Labute approximate surface area is 229 Å². The molecule has 0 aromatic rings. The molecule has 1 heterocycles. The van der Waals surface area contributed by atoms with Crippen LogP contribution in [0.1, 0.15) is 187 Å². The van der Waals surface area contributed by atoms with E-state index < -0.39 is 0 Å². The predicted octanol–water partition coefficient (Wildman–Crippen LogP) is 11.6. The Morgan fingerprint density at radius 2 is 0.750 bits per heavy atom. The third-order valence-electron chi connectivity index (χ3n) is 8.43. The van der Waals surface area contributed by atoms with Crippen molar-refractivity contribution in [2.75, 3.05) is 13.6 Å². The van der Waals surface area contributed by atoms with Crippen molar-refractivity contribution in [3.63, 3.8) is 0 Å². The van der Waals surface area contributed by atoms with Crippen molar-refractivity contribution in [2.24, 2.45) is 0 Å². The number of hydrogen-bond acceptors (Lipinski definition) is 2. The van der Waals surface area contributed by atoms with Crippen LogP contribution in [0.4, 0.5) is 0 Å². The summed E-state index contributed by atoms with van der Waals surface area (Å²) < 4.78 is 0. The molecule has 2 nitrogen and oxygen atoms in total. The average Bonchev–Trinajstić information content (AvgIpc) is 3.23. The molecule has 0 aromatic heterocycles. The van der Waals surface area contributed by atoms with Crippen molar-refractivity contribution >= 4 is 0 Å². The van der Waals surface area contributed by atoms with Gasteiger partial charge >= 0.3 is 0 Å². The number of nitrogens with zero attached hydrogens (tertiary/aromatic N) is 2. The molecule has 0 fully saturated rings. The Hall–Kier alpha value is -0.660. The first-order chi connectivity index (χ1) is 17.8. The molecule has 0 bridgehead atoms. The zero-order chi connectivity index (χ0) is 25.9. The molecule has 0 saturated carbocycles. The van der Waals surface area contributed by atoms with Gasteiger partial charge in [0, 0.05) is 26.0 Å². The highest BCUT2D eigenvalue weighted by Crippen LogP contribution is 2.22. The summed E-state index contributed by atoms with van der Waals surface area (Å²) in [7, 11) is 2.27. The third kappa shape index (κ3) is 19.5. The summed E-state index contributed by atoms with van der Waals surface area (Å²) in [6, 6.07) is 0. The van der Waals surface area contributed by atoms with Gasteiger partial charge in [-0.2, -0.15) is 0 Å². The van der Waals surface area contributed by atoms with E-state index in [1.807, 2.05) is 0 Å². The van der Waals surface area contributed by atoms with Crippen molar-refractivity contribution in [3.05, 3.63) is 12.4 Å². The fourth-order valence-electron chi connectivity index (χ4n) is 5.87. The first-order valence-corrected chi connectivity index (χ1v) is 17.0. The largest absolute Gasteiger partial charge is 0.359 e. The molecular weight excluding hydrogens is 436 g/mol. The molecule has 0 spiro atoms. The van der Waals surface area contributed by atoms with Crippen LogP contribution in [0.2, 0.25) is 0 Å². The van der Waals surface area contributed by atoms with Crippen molar-refractivity contribution in [3.8, 4) is 0 Å². The number of unbranched alkanes of at least 4 members (excludes halogenated alkanes) is 24. The molecule has 0 aromatic carbocycles. The van der Waals surface area contributed by atoms with Crippen LogP contribution in [0.3, 0.4) is 0 Å². The number of rotatable bonds is 28. The fraction of sp³-hybridized carbons (Fsp3) is 0.941. The van der Waals surface area contributed by atoms with Crippen molar-refractivity contribution in [1.82, 2.24) is 9.80 Å². The maximum absolute atomic E-state index is 2.62. The minimum Gasteiger partial charge on any atom is -0.359 e. The third-order valence-corrected chi connectivity index (χ3v) is 8.43. The Bertz CT molecular complexity index is 460. The van der Waals surface area contributed by atoms with E-state index in [0.29, 0.717) is 6.17 Å². The molecule has 1 unspecified atom stereocenters. The van der Waals surface area contributed by atoms with Crippen LogP contribution >= 0.6 is 0 Å². The van der Waals surface area contributed by atoms with E-state index in [4.69, 9.17) is 0 Å². The van der Waals surface area contributed by atoms with Gasteiger partial charge in [-0.25, -0.2) is 0 Å². The molecule has 36 heavy (non-hydrogen) atoms. The maximum atomic E-state index is 2.62. The second-order valence-corrected chi connectivity index (χ2v) is 12.0. The van der Waals surface area contributed by atoms with Crippen LogP contribution in [0.15, 0.2) is 12.4 Å². The van der Waals surface area contributed by atoms with E-state index in [-0.39, 0.29) is 0 Å². The summed E-state index contributed by atoms with van der Waals surface area (Å²) >= 11 is 0. The van der Waals surface area contributed by atoms with Crippen LogP contribution in [-0.2, 0) is 0 Å². The SMILES string of the molecule is CCCCCCCCCCCCCCCCCC1N(C)C=CN1CCCCCCCCCCCCC. The smallest absolute Gasteiger partial charge is 0.100 e. The normalized spacial score (nSPS) is 15.5. The van der Waals surface area contributed by atoms with Crippen molar-refractivity contribution in [1.29, 1.82) is 0 Å². The maximum Gasteiger partial charge on any atom is 0.100 e. The second kappa shape index (κ2) is 26.0. The Morgan fingerprint density at radius 1 is 0.417 bits per heavy atom. The monoisotopic (exact) mass is 505 g/mol. The second-order valence-electron chi connectivity index (χ2n) is 12.0. The van der Waals surface area contributed by atoms with Gasteiger partial charge in [0.2, 0.25) is 0 Å². The van der Waals surface area contributed by atoms with Crippen molar-refractivity contribution < 1.29 is 0 Å². The van der Waals surface area contributed by atoms with Gasteiger partial charge in [0.1, 0.15) is 6.17 Å². The summed E-state index contributed by atoms with van der Waals surface area (Å²) in [5, 5.41) is 0. The highest BCUT2D eigenvalue weighted by Gasteiger charge is 2.22. The van der Waals surface area contributed by atoms with Crippen LogP contribution in [0.5, 0.6) is 0 Å². The zero-order valence-electron chi connectivity index (χ0n) is 25.4. The molecule has 1 aliphatic heterocycles. The van der Waals surface area contributed by atoms with E-state index in [0.717, 1.165) is 0 Å². The molecule has 0 saturated heterocycles. The minimum atomic E-state index is 0.620. The van der Waals surface area contributed by atoms with Crippen LogP contribution < -0.4 is 0 Å². The number of hydrogen-bond donors (Lipinski definition) is 0. The molecule has 0 radical (unpaired) electrons. The topological polar surface area (TPSA) is 6.48 Å². The molecule has 0 N–H and O–H groups in total. The summed E-state index contributed by atoms with van der Waals surface area (Å²) in [6.07, 6.45) is 44.1. The van der Waals surface area contributed by atoms with Gasteiger partial charge in [-0.1, -0.05) is 168 Å². The first-order valence-electron chi connectivity index (χ1n) is 17.0. The van der Waals surface area contributed by atoms with Gasteiger partial charge in [0.15, 0.2) is 0 Å². The Balaban J connectivity index is 1.89. The van der Waals surface area contributed by atoms with Crippen LogP contribution in [0.25, 0.3) is 0 Å². The standard InChI is InChI=1S/C34H68N2/c1-4-6-8-10-12-14-16-17-18-19-20-22-24-26-28-30-34-35(3)32-33-36(34)31-29-27-25-23-21-15-13-11-9-7-5-2/h32-34H,4-31H2,1-3H3. The van der Waals surface area contributed by atoms with Crippen LogP contribution in [0, 0.1) is 0 Å². The van der Waals surface area contributed by atoms with E-state index in [2.05, 4.69) is 43.1 Å². The quantitative estimate of drug-likeness (QED) is 0.0977. The Kier molecular flexibility index (Phi) is 24.1. The molecule has 1 rings (SSSR count). The van der Waals surface area contributed by atoms with Crippen LogP contribution in [-0.4, -0.2) is 29.6 Å². The summed E-state index contributed by atoms with van der Waals surface area (Å²) in [4.78, 5) is 5.07. The first kappa shape index (κ1) is 33.4. The molecule has 0 aliphatic carbocycles. The lowest BCUT2D eigenvalue weighted by atomic mass is 10.0. The van der Waals surface area contributed by atoms with E-state index in [9.17, 15) is 0 Å². The summed E-state index contributed by atoms with van der Waals surface area (Å²) in [6.45, 7) is 5.86. The zero-order valence-corrected chi connectivity index (χ0v) is 25.4. The molecule has 214 valence electrons. The van der Waals surface area contributed by atoms with E-state index in [1.54, 1.807) is 0 Å². The summed E-state index contributed by atoms with van der Waals surface area (Å²) in [5.74, 6) is 0. The van der Waals surface area contributed by atoms with Gasteiger partial charge in [-0.15, -0.1) is 0 Å². The van der Waals surface area contributed by atoms with Gasteiger partial charge < -0.3 is 9.80 Å². The lowest BCUT2D eigenvalue weighted by molar-refractivity contribution is 0.159. The molecule has 2 heteroatoms. The lowest BCUT2D eigenvalue weighted by Gasteiger charge is -2.30. The van der Waals surface area contributed by atoms with Gasteiger partial charge in [-0.3, -0.25) is 0 Å². The van der Waals surface area contributed by atoms with Crippen molar-refractivity contribution in [2.45, 2.75) is 193 Å². The minimum absolute atomic E-state index is 0.620. The highest BCUT2D eigenvalue weighted by molar-refractivity contribution is 4.95. The fourth-order valence-corrected chi connectivity index (χ4v) is 5.87. The van der Waals surface area contributed by atoms with Gasteiger partial charge in [-0.05, 0) is 19.3 Å². The molecular formula is C34H68N2. The lowest BCUT2D eigenvalue weighted by Crippen LogP contribution is -2.37. The molecule has 1 atom stereocenters. The average molecular weight is 505 g/mol. The highest BCUT2D eigenvalue weighted by atomic mass is 15.4. The van der Waals surface area contributed by atoms with E-state index >= 15 is 0 Å². The van der Waals surface area contributed by atoms with Gasteiger partial charge in [0.25, 0.3) is 0 Å². The molecule has 1 aliphatic rings. The summed E-state index contributed by atoms with van der Waals surface area (Å²) in [5.41, 5.74) is 0. The molecule has 0 amide bonds. The van der Waals surface area contributed by atoms with E-state index in [1.165, 1.54) is 180 Å². The Morgan fingerprint density at radius 3 is 1.14 bits per heavy atom. The van der Waals surface area contributed by atoms with Gasteiger partial charge in [0.05, 0.1) is 0 Å².